The number of H-pyrrole nitrogens is 2. The van der Waals surface area contributed by atoms with E-state index in [1.54, 1.807) is 18.3 Å². The smallest absolute Gasteiger partial charge is 0.255 e. The third-order valence-corrected chi connectivity index (χ3v) is 2.74. The van der Waals surface area contributed by atoms with Gasteiger partial charge in [-0.2, -0.15) is 5.10 Å². The first kappa shape index (κ1) is 11.2. The van der Waals surface area contributed by atoms with E-state index in [2.05, 4.69) is 20.5 Å². The predicted octanol–water partition coefficient (Wildman–Crippen LogP) is 1.50. The van der Waals surface area contributed by atoms with Gasteiger partial charge in [-0.1, -0.05) is 0 Å². The largest absolute Gasteiger partial charge is 0.329 e. The summed E-state index contributed by atoms with van der Waals surface area (Å²) >= 11 is 0. The third-order valence-electron chi connectivity index (χ3n) is 2.74. The van der Waals surface area contributed by atoms with Gasteiger partial charge in [0, 0.05) is 28.9 Å². The molecule has 0 atom stereocenters. The number of hydrogen-bond acceptors (Lipinski definition) is 3. The van der Waals surface area contributed by atoms with Crippen molar-refractivity contribution >= 4 is 22.5 Å². The highest BCUT2D eigenvalue weighted by atomic mass is 16.2. The number of rotatable bonds is 2. The van der Waals surface area contributed by atoms with E-state index < -0.39 is 0 Å². The fourth-order valence-electron chi connectivity index (χ4n) is 1.81. The van der Waals surface area contributed by atoms with Crippen LogP contribution in [-0.2, 0) is 0 Å². The molecule has 2 heterocycles. The van der Waals surface area contributed by atoms with Crippen molar-refractivity contribution in [2.45, 2.75) is 0 Å². The predicted molar refractivity (Wildman–Crippen MR) is 71.1 cm³/mol. The Labute approximate surface area is 107 Å². The number of aromatic nitrogens is 3. The SMILES string of the molecule is O=C(Nc1ccc2[nH]ncc2c1)c1cc[nH]c(=O)c1. The maximum Gasteiger partial charge on any atom is 0.255 e. The molecule has 3 rings (SSSR count). The summed E-state index contributed by atoms with van der Waals surface area (Å²) in [5, 5.41) is 10.4. The molecule has 0 fully saturated rings. The molecule has 0 saturated carbocycles. The zero-order chi connectivity index (χ0) is 13.2. The lowest BCUT2D eigenvalue weighted by molar-refractivity contribution is 0.102. The highest BCUT2D eigenvalue weighted by Crippen LogP contribution is 2.17. The molecular weight excluding hydrogens is 244 g/mol. The highest BCUT2D eigenvalue weighted by molar-refractivity contribution is 6.04. The first-order valence-electron chi connectivity index (χ1n) is 5.65. The minimum Gasteiger partial charge on any atom is -0.329 e. The molecule has 6 nitrogen and oxygen atoms in total. The van der Waals surface area contributed by atoms with Crippen molar-refractivity contribution in [2.75, 3.05) is 5.32 Å². The monoisotopic (exact) mass is 254 g/mol. The van der Waals surface area contributed by atoms with Gasteiger partial charge in [0.1, 0.15) is 0 Å². The summed E-state index contributed by atoms with van der Waals surface area (Å²) in [6, 6.07) is 8.21. The van der Waals surface area contributed by atoms with E-state index in [0.29, 0.717) is 11.3 Å². The zero-order valence-electron chi connectivity index (χ0n) is 9.81. The van der Waals surface area contributed by atoms with Gasteiger partial charge in [-0.05, 0) is 24.3 Å². The first-order chi connectivity index (χ1) is 9.22. The van der Waals surface area contributed by atoms with Crippen molar-refractivity contribution in [3.05, 3.63) is 58.6 Å². The molecular formula is C13H10N4O2. The van der Waals surface area contributed by atoms with Crippen molar-refractivity contribution in [2.24, 2.45) is 0 Å². The topological polar surface area (TPSA) is 90.6 Å². The van der Waals surface area contributed by atoms with Crippen LogP contribution in [0.15, 0.2) is 47.5 Å². The Balaban J connectivity index is 1.88. The Bertz CT molecular complexity index is 803. The van der Waals surface area contributed by atoms with Gasteiger partial charge in [0.05, 0.1) is 11.7 Å². The summed E-state index contributed by atoms with van der Waals surface area (Å²) in [5.74, 6) is -0.325. The number of carbonyl (C=O) groups excluding carboxylic acids is 1. The maximum absolute atomic E-state index is 12.0. The van der Waals surface area contributed by atoms with Crippen molar-refractivity contribution < 1.29 is 4.79 Å². The molecule has 2 aromatic heterocycles. The Morgan fingerprint density at radius 1 is 1.21 bits per heavy atom. The Morgan fingerprint density at radius 2 is 2.11 bits per heavy atom. The van der Waals surface area contributed by atoms with Crippen LogP contribution in [0.5, 0.6) is 0 Å². The molecule has 0 aliphatic heterocycles. The van der Waals surface area contributed by atoms with Gasteiger partial charge in [0.25, 0.3) is 5.91 Å². The van der Waals surface area contributed by atoms with Crippen LogP contribution in [0.3, 0.4) is 0 Å². The third kappa shape index (κ3) is 2.23. The molecule has 6 heteroatoms. The lowest BCUT2D eigenvalue weighted by atomic mass is 10.2. The molecule has 0 radical (unpaired) electrons. The quantitative estimate of drug-likeness (QED) is 0.647. The number of carbonyl (C=O) groups is 1. The van der Waals surface area contributed by atoms with Gasteiger partial charge in [0.15, 0.2) is 0 Å². The molecule has 0 aliphatic carbocycles. The fourth-order valence-corrected chi connectivity index (χ4v) is 1.81. The van der Waals surface area contributed by atoms with Gasteiger partial charge in [-0.25, -0.2) is 0 Å². The molecule has 19 heavy (non-hydrogen) atoms. The van der Waals surface area contributed by atoms with Crippen LogP contribution >= 0.6 is 0 Å². The van der Waals surface area contributed by atoms with Gasteiger partial charge in [-0.15, -0.1) is 0 Å². The lowest BCUT2D eigenvalue weighted by Gasteiger charge is -2.04. The van der Waals surface area contributed by atoms with Crippen molar-refractivity contribution in [1.29, 1.82) is 0 Å². The molecule has 3 N–H and O–H groups in total. The van der Waals surface area contributed by atoms with Gasteiger partial charge in [-0.3, -0.25) is 14.7 Å². The van der Waals surface area contributed by atoms with Crippen molar-refractivity contribution in [3.63, 3.8) is 0 Å². The number of anilines is 1. The zero-order valence-corrected chi connectivity index (χ0v) is 9.81. The number of benzene rings is 1. The minimum atomic E-state index is -0.325. The Hall–Kier alpha value is -2.89. The average Bonchev–Trinajstić information content (AvgIpc) is 2.86. The summed E-state index contributed by atoms with van der Waals surface area (Å²) in [5.41, 5.74) is 1.56. The summed E-state index contributed by atoms with van der Waals surface area (Å²) in [7, 11) is 0. The van der Waals surface area contributed by atoms with Crippen molar-refractivity contribution in [1.82, 2.24) is 15.2 Å². The number of pyridine rings is 1. The highest BCUT2D eigenvalue weighted by Gasteiger charge is 2.07. The first-order valence-corrected chi connectivity index (χ1v) is 5.65. The molecule has 0 bridgehead atoms. The molecule has 0 unspecified atom stereocenters. The molecule has 0 saturated heterocycles. The van der Waals surface area contributed by atoms with Gasteiger partial charge in [0.2, 0.25) is 5.56 Å². The van der Waals surface area contributed by atoms with Crippen LogP contribution in [-0.4, -0.2) is 21.1 Å². The number of nitrogens with one attached hydrogen (secondary N) is 3. The second-order valence-electron chi connectivity index (χ2n) is 4.07. The maximum atomic E-state index is 12.0. The molecule has 3 aromatic rings. The molecule has 0 aliphatic rings. The van der Waals surface area contributed by atoms with E-state index in [9.17, 15) is 9.59 Å². The summed E-state index contributed by atoms with van der Waals surface area (Å²) in [6.45, 7) is 0. The Morgan fingerprint density at radius 3 is 2.95 bits per heavy atom. The molecule has 0 spiro atoms. The van der Waals surface area contributed by atoms with Crippen molar-refractivity contribution in [3.8, 4) is 0 Å². The van der Waals surface area contributed by atoms with E-state index in [1.165, 1.54) is 12.3 Å². The van der Waals surface area contributed by atoms with Crippen LogP contribution < -0.4 is 10.9 Å². The number of fused-ring (bicyclic) bond motifs is 1. The van der Waals surface area contributed by atoms with Gasteiger partial charge < -0.3 is 10.3 Å². The second-order valence-corrected chi connectivity index (χ2v) is 4.07. The van der Waals surface area contributed by atoms with Gasteiger partial charge >= 0.3 is 0 Å². The second kappa shape index (κ2) is 4.41. The minimum absolute atomic E-state index is 0.307. The van der Waals surface area contributed by atoms with E-state index in [1.807, 2.05) is 12.1 Å². The van der Waals surface area contributed by atoms with Crippen LogP contribution in [0.25, 0.3) is 10.9 Å². The average molecular weight is 254 g/mol. The summed E-state index contributed by atoms with van der Waals surface area (Å²) in [4.78, 5) is 25.6. The standard InChI is InChI=1S/C13H10N4O2/c18-12-6-8(3-4-14-12)13(19)16-10-1-2-11-9(5-10)7-15-17-11/h1-7H,(H,14,18)(H,15,17)(H,16,19). The summed E-state index contributed by atoms with van der Waals surface area (Å²) < 4.78 is 0. The van der Waals surface area contributed by atoms with Crippen LogP contribution in [0.2, 0.25) is 0 Å². The summed E-state index contributed by atoms with van der Waals surface area (Å²) in [6.07, 6.45) is 3.12. The van der Waals surface area contributed by atoms with E-state index in [0.717, 1.165) is 10.9 Å². The molecule has 1 amide bonds. The van der Waals surface area contributed by atoms with E-state index in [-0.39, 0.29) is 11.5 Å². The van der Waals surface area contributed by atoms with Crippen LogP contribution in [0.4, 0.5) is 5.69 Å². The number of amides is 1. The Kier molecular flexibility index (Phi) is 2.60. The van der Waals surface area contributed by atoms with Crippen LogP contribution in [0, 0.1) is 0 Å². The number of hydrogen-bond donors (Lipinski definition) is 3. The number of aromatic amines is 2. The van der Waals surface area contributed by atoms with Crippen LogP contribution in [0.1, 0.15) is 10.4 Å². The molecule has 1 aromatic carbocycles. The lowest BCUT2D eigenvalue weighted by Crippen LogP contribution is -2.15. The molecule has 94 valence electrons. The van der Waals surface area contributed by atoms with E-state index in [4.69, 9.17) is 0 Å². The van der Waals surface area contributed by atoms with E-state index >= 15 is 0 Å². The fraction of sp³-hybridized carbons (Fsp3) is 0. The number of nitrogens with zero attached hydrogens (tertiary/aromatic N) is 1. The normalized spacial score (nSPS) is 10.5.